The van der Waals surface area contributed by atoms with Gasteiger partial charge in [-0.2, -0.15) is 0 Å². The molecule has 2 nitrogen and oxygen atoms in total. The second-order valence-corrected chi connectivity index (χ2v) is 4.79. The summed E-state index contributed by atoms with van der Waals surface area (Å²) in [4.78, 5) is 0. The number of hydrogen-bond acceptors (Lipinski definition) is 2. The summed E-state index contributed by atoms with van der Waals surface area (Å²) < 4.78 is 5.74. The van der Waals surface area contributed by atoms with Gasteiger partial charge in [0.15, 0.2) is 0 Å². The Morgan fingerprint density at radius 1 is 1.50 bits per heavy atom. The molecule has 0 saturated heterocycles. The van der Waals surface area contributed by atoms with Gasteiger partial charge < -0.3 is 10.1 Å². The van der Waals surface area contributed by atoms with Crippen LogP contribution in [0, 0.1) is 0 Å². The fourth-order valence-corrected chi connectivity index (χ4v) is 2.59. The summed E-state index contributed by atoms with van der Waals surface area (Å²) in [5.41, 5.74) is 2.91. The monoisotopic (exact) mass is 245 g/mol. The number of fused-ring (bicyclic) bond motifs is 1. The highest BCUT2D eigenvalue weighted by Gasteiger charge is 2.19. The van der Waals surface area contributed by atoms with Crippen molar-refractivity contribution in [3.05, 3.63) is 42.0 Å². The van der Waals surface area contributed by atoms with Gasteiger partial charge in [0.2, 0.25) is 0 Å². The molecule has 0 fully saturated rings. The third kappa shape index (κ3) is 3.14. The minimum atomic E-state index is 0.502. The summed E-state index contributed by atoms with van der Waals surface area (Å²) in [6.45, 7) is 7.61. The maximum Gasteiger partial charge on any atom is 0.119 e. The van der Waals surface area contributed by atoms with Crippen molar-refractivity contribution in [2.45, 2.75) is 38.6 Å². The van der Waals surface area contributed by atoms with Crippen molar-refractivity contribution >= 4 is 0 Å². The SMILES string of the molecule is C=CCCOc1ccc2c(c1)C(NCC)CCC2. The van der Waals surface area contributed by atoms with Gasteiger partial charge in [0.25, 0.3) is 0 Å². The summed E-state index contributed by atoms with van der Waals surface area (Å²) in [6.07, 6.45) is 6.50. The summed E-state index contributed by atoms with van der Waals surface area (Å²) in [5.74, 6) is 0.986. The maximum atomic E-state index is 5.74. The number of ether oxygens (including phenoxy) is 1. The van der Waals surface area contributed by atoms with Crippen molar-refractivity contribution in [3.63, 3.8) is 0 Å². The molecule has 1 atom stereocenters. The highest BCUT2D eigenvalue weighted by molar-refractivity contribution is 5.39. The molecule has 0 aromatic heterocycles. The molecular weight excluding hydrogens is 222 g/mol. The molecule has 2 rings (SSSR count). The van der Waals surface area contributed by atoms with Gasteiger partial charge in [-0.05, 0) is 55.5 Å². The molecule has 18 heavy (non-hydrogen) atoms. The minimum absolute atomic E-state index is 0.502. The lowest BCUT2D eigenvalue weighted by molar-refractivity contribution is 0.323. The highest BCUT2D eigenvalue weighted by Crippen LogP contribution is 2.32. The van der Waals surface area contributed by atoms with Crippen LogP contribution in [0.2, 0.25) is 0 Å². The number of rotatable bonds is 6. The van der Waals surface area contributed by atoms with Crippen molar-refractivity contribution in [3.8, 4) is 5.75 Å². The highest BCUT2D eigenvalue weighted by atomic mass is 16.5. The van der Waals surface area contributed by atoms with E-state index in [1.54, 1.807) is 0 Å². The lowest BCUT2D eigenvalue weighted by atomic mass is 9.87. The zero-order valence-electron chi connectivity index (χ0n) is 11.2. The van der Waals surface area contributed by atoms with E-state index in [0.717, 1.165) is 18.7 Å². The average Bonchev–Trinajstić information content (AvgIpc) is 2.40. The van der Waals surface area contributed by atoms with Crippen LogP contribution < -0.4 is 10.1 Å². The third-order valence-electron chi connectivity index (χ3n) is 3.47. The Bertz CT molecular complexity index is 400. The molecule has 1 aliphatic rings. The first-order valence-corrected chi connectivity index (χ1v) is 6.95. The Morgan fingerprint density at radius 3 is 3.17 bits per heavy atom. The first-order valence-electron chi connectivity index (χ1n) is 6.95. The number of benzene rings is 1. The number of hydrogen-bond donors (Lipinski definition) is 1. The van der Waals surface area contributed by atoms with Gasteiger partial charge >= 0.3 is 0 Å². The first-order chi connectivity index (χ1) is 8.85. The van der Waals surface area contributed by atoms with Gasteiger partial charge in [-0.15, -0.1) is 6.58 Å². The van der Waals surface area contributed by atoms with Gasteiger partial charge in [-0.3, -0.25) is 0 Å². The molecule has 0 heterocycles. The van der Waals surface area contributed by atoms with E-state index in [-0.39, 0.29) is 0 Å². The Morgan fingerprint density at radius 2 is 2.39 bits per heavy atom. The third-order valence-corrected chi connectivity index (χ3v) is 3.47. The van der Waals surface area contributed by atoms with E-state index in [0.29, 0.717) is 12.6 Å². The fraction of sp³-hybridized carbons (Fsp3) is 0.500. The molecule has 1 unspecified atom stereocenters. The Hall–Kier alpha value is -1.28. The van der Waals surface area contributed by atoms with Crippen molar-refractivity contribution in [2.24, 2.45) is 0 Å². The molecule has 2 heteroatoms. The number of nitrogens with one attached hydrogen (secondary N) is 1. The molecule has 0 radical (unpaired) electrons. The van der Waals surface area contributed by atoms with E-state index in [2.05, 4.69) is 37.0 Å². The molecule has 0 saturated carbocycles. The molecule has 1 aliphatic carbocycles. The van der Waals surface area contributed by atoms with Gasteiger partial charge in [-0.1, -0.05) is 19.1 Å². The van der Waals surface area contributed by atoms with Crippen LogP contribution in [-0.2, 0) is 6.42 Å². The van der Waals surface area contributed by atoms with Gasteiger partial charge in [0.1, 0.15) is 5.75 Å². The molecule has 0 aliphatic heterocycles. The minimum Gasteiger partial charge on any atom is -0.493 e. The van der Waals surface area contributed by atoms with Crippen LogP contribution in [0.4, 0.5) is 0 Å². The van der Waals surface area contributed by atoms with E-state index in [1.165, 1.54) is 30.4 Å². The predicted octanol–water partition coefficient (Wildman–Crippen LogP) is 3.63. The van der Waals surface area contributed by atoms with Crippen LogP contribution in [0.25, 0.3) is 0 Å². The molecular formula is C16H23NO. The summed E-state index contributed by atoms with van der Waals surface area (Å²) in [6, 6.07) is 7.03. The van der Waals surface area contributed by atoms with Crippen LogP contribution >= 0.6 is 0 Å². The largest absolute Gasteiger partial charge is 0.493 e. The summed E-state index contributed by atoms with van der Waals surface area (Å²) in [5, 5.41) is 3.56. The van der Waals surface area contributed by atoms with Crippen molar-refractivity contribution < 1.29 is 4.74 Å². The second kappa shape index (κ2) is 6.60. The van der Waals surface area contributed by atoms with E-state index in [9.17, 15) is 0 Å². The first kappa shape index (κ1) is 13.2. The molecule has 98 valence electrons. The lowest BCUT2D eigenvalue weighted by Gasteiger charge is -2.26. The Balaban J connectivity index is 2.11. The average molecular weight is 245 g/mol. The summed E-state index contributed by atoms with van der Waals surface area (Å²) >= 11 is 0. The van der Waals surface area contributed by atoms with Crippen LogP contribution in [0.3, 0.4) is 0 Å². The lowest BCUT2D eigenvalue weighted by Crippen LogP contribution is -2.24. The van der Waals surface area contributed by atoms with Crippen LogP contribution in [0.5, 0.6) is 5.75 Å². The van der Waals surface area contributed by atoms with Crippen molar-refractivity contribution in [1.29, 1.82) is 0 Å². The van der Waals surface area contributed by atoms with E-state index >= 15 is 0 Å². The van der Waals surface area contributed by atoms with Crippen LogP contribution in [0.15, 0.2) is 30.9 Å². The molecule has 1 aromatic carbocycles. The maximum absolute atomic E-state index is 5.74. The van der Waals surface area contributed by atoms with Crippen molar-refractivity contribution in [1.82, 2.24) is 5.32 Å². The molecule has 0 amide bonds. The van der Waals surface area contributed by atoms with Crippen molar-refractivity contribution in [2.75, 3.05) is 13.2 Å². The quantitative estimate of drug-likeness (QED) is 0.610. The van der Waals surface area contributed by atoms with Gasteiger partial charge in [0.05, 0.1) is 6.61 Å². The molecule has 0 spiro atoms. The van der Waals surface area contributed by atoms with Gasteiger partial charge in [-0.25, -0.2) is 0 Å². The Kier molecular flexibility index (Phi) is 4.82. The Labute approximate surface area is 110 Å². The topological polar surface area (TPSA) is 21.3 Å². The summed E-state index contributed by atoms with van der Waals surface area (Å²) in [7, 11) is 0. The van der Waals surface area contributed by atoms with Crippen LogP contribution in [0.1, 0.15) is 43.4 Å². The van der Waals surface area contributed by atoms with Crippen LogP contribution in [-0.4, -0.2) is 13.2 Å². The van der Waals surface area contributed by atoms with E-state index < -0.39 is 0 Å². The number of aryl methyl sites for hydroxylation is 1. The zero-order chi connectivity index (χ0) is 12.8. The van der Waals surface area contributed by atoms with Gasteiger partial charge in [0, 0.05) is 6.04 Å². The van der Waals surface area contributed by atoms with E-state index in [1.807, 2.05) is 6.08 Å². The second-order valence-electron chi connectivity index (χ2n) is 4.79. The smallest absolute Gasteiger partial charge is 0.119 e. The zero-order valence-corrected chi connectivity index (χ0v) is 11.2. The molecule has 0 bridgehead atoms. The normalized spacial score (nSPS) is 18.2. The molecule has 1 aromatic rings. The standard InChI is InChI=1S/C16H23NO/c1-3-5-11-18-14-10-9-13-7-6-8-16(17-4-2)15(13)12-14/h3,9-10,12,16-17H,1,4-8,11H2,2H3. The molecule has 1 N–H and O–H groups in total. The fourth-order valence-electron chi connectivity index (χ4n) is 2.59. The predicted molar refractivity (Wildman–Crippen MR) is 76.1 cm³/mol. The van der Waals surface area contributed by atoms with E-state index in [4.69, 9.17) is 4.74 Å².